The van der Waals surface area contributed by atoms with Gasteiger partial charge in [0.25, 0.3) is 0 Å². The van der Waals surface area contributed by atoms with E-state index in [0.29, 0.717) is 30.6 Å². The molecule has 0 amide bonds. The molecule has 0 bridgehead atoms. The second kappa shape index (κ2) is 10.9. The minimum Gasteiger partial charge on any atom is -0.493 e. The second-order valence-electron chi connectivity index (χ2n) is 5.86. The van der Waals surface area contributed by atoms with Gasteiger partial charge in [-0.05, 0) is 38.0 Å². The first-order chi connectivity index (χ1) is 13.2. The zero-order valence-electron chi connectivity index (χ0n) is 16.2. The van der Waals surface area contributed by atoms with Gasteiger partial charge in [-0.2, -0.15) is 0 Å². The Balaban J connectivity index is 1.80. The Kier molecular flexibility index (Phi) is 8.22. The smallest absolute Gasteiger partial charge is 0.250 e. The first-order valence-electron chi connectivity index (χ1n) is 9.12. The van der Waals surface area contributed by atoms with Crippen LogP contribution < -0.4 is 25.7 Å². The third-order valence-corrected chi connectivity index (χ3v) is 3.97. The van der Waals surface area contributed by atoms with E-state index in [9.17, 15) is 4.79 Å². The number of benzene rings is 1. The Bertz CT molecular complexity index is 802. The zero-order chi connectivity index (χ0) is 19.5. The molecule has 0 aliphatic carbocycles. The molecule has 0 aliphatic rings. The molecule has 2 aromatic rings. The van der Waals surface area contributed by atoms with Crippen LogP contribution in [-0.4, -0.2) is 37.8 Å². The van der Waals surface area contributed by atoms with Crippen molar-refractivity contribution in [1.29, 1.82) is 0 Å². The van der Waals surface area contributed by atoms with Crippen LogP contribution in [0.15, 0.2) is 52.4 Å². The maximum atomic E-state index is 11.7. The van der Waals surface area contributed by atoms with Gasteiger partial charge in [0, 0.05) is 44.2 Å². The van der Waals surface area contributed by atoms with E-state index in [1.807, 2.05) is 37.4 Å². The summed E-state index contributed by atoms with van der Waals surface area (Å²) in [6, 6.07) is 10.9. The fourth-order valence-electron chi connectivity index (χ4n) is 2.60. The van der Waals surface area contributed by atoms with Gasteiger partial charge in [-0.15, -0.1) is 0 Å². The lowest BCUT2D eigenvalue weighted by molar-refractivity contribution is 0.311. The molecule has 1 aromatic heterocycles. The van der Waals surface area contributed by atoms with E-state index >= 15 is 0 Å². The summed E-state index contributed by atoms with van der Waals surface area (Å²) in [4.78, 5) is 15.9. The van der Waals surface area contributed by atoms with Crippen LogP contribution in [0.2, 0.25) is 0 Å². The van der Waals surface area contributed by atoms with Gasteiger partial charge < -0.3 is 24.7 Å². The first kappa shape index (κ1) is 20.4. The van der Waals surface area contributed by atoms with Crippen LogP contribution >= 0.6 is 0 Å². The standard InChI is InChI=1S/C20H28N4O3/c1-4-27-17-11-10-16(15-18(17)26-3)23-20(21-2)22-12-6-8-14-24-13-7-5-9-19(24)25/h5,7,9-11,13,15H,4,6,8,12,14H2,1-3H3,(H2,21,22,23). The molecule has 27 heavy (non-hydrogen) atoms. The van der Waals surface area contributed by atoms with E-state index in [2.05, 4.69) is 15.6 Å². The summed E-state index contributed by atoms with van der Waals surface area (Å²) in [5, 5.41) is 6.51. The molecule has 0 spiro atoms. The lowest BCUT2D eigenvalue weighted by Gasteiger charge is -2.14. The van der Waals surface area contributed by atoms with Gasteiger partial charge in [0.15, 0.2) is 17.5 Å². The normalized spacial score (nSPS) is 11.1. The van der Waals surface area contributed by atoms with Gasteiger partial charge in [-0.25, -0.2) is 0 Å². The Morgan fingerprint density at radius 3 is 2.74 bits per heavy atom. The van der Waals surface area contributed by atoms with E-state index in [0.717, 1.165) is 25.1 Å². The van der Waals surface area contributed by atoms with E-state index in [4.69, 9.17) is 9.47 Å². The van der Waals surface area contributed by atoms with Crippen molar-refractivity contribution in [1.82, 2.24) is 9.88 Å². The summed E-state index contributed by atoms with van der Waals surface area (Å²) in [7, 11) is 3.34. The molecule has 1 heterocycles. The minimum absolute atomic E-state index is 0.0346. The number of methoxy groups -OCH3 is 1. The quantitative estimate of drug-likeness (QED) is 0.402. The molecule has 7 nitrogen and oxygen atoms in total. The highest BCUT2D eigenvalue weighted by molar-refractivity contribution is 5.93. The molecule has 0 saturated heterocycles. The SMILES string of the molecule is CCOc1ccc(NC(=NC)NCCCCn2ccccc2=O)cc1OC. The van der Waals surface area contributed by atoms with Crippen LogP contribution in [0, 0.1) is 0 Å². The van der Waals surface area contributed by atoms with Crippen LogP contribution in [-0.2, 0) is 6.54 Å². The van der Waals surface area contributed by atoms with E-state index in [-0.39, 0.29) is 5.56 Å². The van der Waals surface area contributed by atoms with E-state index in [1.54, 1.807) is 30.9 Å². The number of nitrogens with one attached hydrogen (secondary N) is 2. The van der Waals surface area contributed by atoms with Crippen molar-refractivity contribution < 1.29 is 9.47 Å². The number of anilines is 1. The van der Waals surface area contributed by atoms with Gasteiger partial charge in [0.2, 0.25) is 5.56 Å². The highest BCUT2D eigenvalue weighted by Crippen LogP contribution is 2.30. The molecule has 0 fully saturated rings. The predicted molar refractivity (Wildman–Crippen MR) is 109 cm³/mol. The van der Waals surface area contributed by atoms with Gasteiger partial charge in [0.05, 0.1) is 13.7 Å². The molecule has 0 saturated carbocycles. The fourth-order valence-corrected chi connectivity index (χ4v) is 2.60. The van der Waals surface area contributed by atoms with Gasteiger partial charge in [-0.1, -0.05) is 6.07 Å². The van der Waals surface area contributed by atoms with Crippen molar-refractivity contribution >= 4 is 11.6 Å². The number of ether oxygens (including phenoxy) is 2. The van der Waals surface area contributed by atoms with Crippen molar-refractivity contribution in [2.75, 3.05) is 32.6 Å². The molecule has 0 atom stereocenters. The molecule has 2 rings (SSSR count). The van der Waals surface area contributed by atoms with Crippen molar-refractivity contribution in [2.45, 2.75) is 26.3 Å². The predicted octanol–water partition coefficient (Wildman–Crippen LogP) is 2.72. The van der Waals surface area contributed by atoms with Crippen LogP contribution in [0.25, 0.3) is 0 Å². The number of hydrogen-bond acceptors (Lipinski definition) is 4. The Hall–Kier alpha value is -2.96. The van der Waals surface area contributed by atoms with Gasteiger partial charge in [0.1, 0.15) is 0 Å². The average Bonchev–Trinajstić information content (AvgIpc) is 2.69. The molecular weight excluding hydrogens is 344 g/mol. The lowest BCUT2D eigenvalue weighted by Crippen LogP contribution is -2.31. The summed E-state index contributed by atoms with van der Waals surface area (Å²) in [5.74, 6) is 2.06. The average molecular weight is 372 g/mol. The van der Waals surface area contributed by atoms with Gasteiger partial charge in [-0.3, -0.25) is 9.79 Å². The van der Waals surface area contributed by atoms with Crippen molar-refractivity contribution in [3.05, 3.63) is 52.9 Å². The monoisotopic (exact) mass is 372 g/mol. The molecule has 0 aliphatic heterocycles. The molecule has 7 heteroatoms. The maximum absolute atomic E-state index is 11.7. The fraction of sp³-hybridized carbons (Fsp3) is 0.400. The number of aromatic nitrogens is 1. The molecular formula is C20H28N4O3. The number of aryl methyl sites for hydroxylation is 1. The number of aliphatic imine (C=N–C) groups is 1. The Labute approximate surface area is 160 Å². The van der Waals surface area contributed by atoms with Gasteiger partial charge >= 0.3 is 0 Å². The summed E-state index contributed by atoms with van der Waals surface area (Å²) >= 11 is 0. The summed E-state index contributed by atoms with van der Waals surface area (Å²) in [5.41, 5.74) is 0.895. The van der Waals surface area contributed by atoms with E-state index in [1.165, 1.54) is 0 Å². The van der Waals surface area contributed by atoms with Crippen LogP contribution in [0.1, 0.15) is 19.8 Å². The number of rotatable bonds is 9. The number of hydrogen-bond donors (Lipinski definition) is 2. The van der Waals surface area contributed by atoms with Crippen LogP contribution in [0.5, 0.6) is 11.5 Å². The summed E-state index contributed by atoms with van der Waals surface area (Å²) < 4.78 is 12.6. The topological polar surface area (TPSA) is 76.9 Å². The molecule has 146 valence electrons. The molecule has 0 radical (unpaired) electrons. The lowest BCUT2D eigenvalue weighted by atomic mass is 10.2. The highest BCUT2D eigenvalue weighted by atomic mass is 16.5. The number of pyridine rings is 1. The largest absolute Gasteiger partial charge is 0.493 e. The molecule has 1 aromatic carbocycles. The van der Waals surface area contributed by atoms with Crippen molar-refractivity contribution in [3.8, 4) is 11.5 Å². The molecule has 0 unspecified atom stereocenters. The second-order valence-corrected chi connectivity index (χ2v) is 5.86. The van der Waals surface area contributed by atoms with Crippen LogP contribution in [0.4, 0.5) is 5.69 Å². The first-order valence-corrected chi connectivity index (χ1v) is 9.12. The maximum Gasteiger partial charge on any atom is 0.250 e. The molecule has 2 N–H and O–H groups in total. The Morgan fingerprint density at radius 1 is 1.19 bits per heavy atom. The number of unbranched alkanes of at least 4 members (excludes halogenated alkanes) is 1. The summed E-state index contributed by atoms with van der Waals surface area (Å²) in [6.07, 6.45) is 3.65. The van der Waals surface area contributed by atoms with Crippen molar-refractivity contribution in [3.63, 3.8) is 0 Å². The Morgan fingerprint density at radius 2 is 2.04 bits per heavy atom. The van der Waals surface area contributed by atoms with Crippen LogP contribution in [0.3, 0.4) is 0 Å². The number of nitrogens with zero attached hydrogens (tertiary/aromatic N) is 2. The third kappa shape index (κ3) is 6.36. The third-order valence-electron chi connectivity index (χ3n) is 3.97. The zero-order valence-corrected chi connectivity index (χ0v) is 16.2. The summed E-state index contributed by atoms with van der Waals surface area (Å²) in [6.45, 7) is 3.99. The van der Waals surface area contributed by atoms with Crippen molar-refractivity contribution in [2.24, 2.45) is 4.99 Å². The minimum atomic E-state index is 0.0346. The number of guanidine groups is 1. The highest BCUT2D eigenvalue weighted by Gasteiger charge is 2.06. The van der Waals surface area contributed by atoms with E-state index < -0.39 is 0 Å².